The lowest BCUT2D eigenvalue weighted by Crippen LogP contribution is -2.38. The molecular formula is C26H32N2O6. The normalized spacial score (nSPS) is 13.0. The van der Waals surface area contributed by atoms with Crippen LogP contribution >= 0.6 is 0 Å². The summed E-state index contributed by atoms with van der Waals surface area (Å²) in [6.07, 6.45) is -0.671. The minimum Gasteiger partial charge on any atom is -0.481 e. The SMILES string of the molecule is CCN(CCCCC(=O)O)C(=O)CC(O)CNC(=O)OCC1c2ccccc2-c2ccccc21. The zero-order chi connectivity index (χ0) is 24.5. The topological polar surface area (TPSA) is 116 Å². The number of carbonyl (C=O) groups is 3. The van der Waals surface area contributed by atoms with Crippen molar-refractivity contribution in [3.63, 3.8) is 0 Å². The number of amides is 2. The summed E-state index contributed by atoms with van der Waals surface area (Å²) in [5, 5.41) is 21.4. The van der Waals surface area contributed by atoms with Crippen LogP contribution in [0, 0.1) is 0 Å². The molecule has 0 aromatic heterocycles. The van der Waals surface area contributed by atoms with Gasteiger partial charge in [0, 0.05) is 32.0 Å². The van der Waals surface area contributed by atoms with Gasteiger partial charge in [-0.25, -0.2) is 4.79 Å². The lowest BCUT2D eigenvalue weighted by atomic mass is 9.98. The van der Waals surface area contributed by atoms with Gasteiger partial charge in [0.05, 0.1) is 12.5 Å². The van der Waals surface area contributed by atoms with E-state index in [1.165, 1.54) is 0 Å². The second-order valence-electron chi connectivity index (χ2n) is 8.39. The number of aliphatic hydroxyl groups is 1. The van der Waals surface area contributed by atoms with E-state index in [4.69, 9.17) is 9.84 Å². The van der Waals surface area contributed by atoms with Crippen LogP contribution in [0.1, 0.15) is 49.7 Å². The molecule has 8 heteroatoms. The number of benzene rings is 2. The number of unbranched alkanes of at least 4 members (excludes halogenated alkanes) is 1. The summed E-state index contributed by atoms with van der Waals surface area (Å²) < 4.78 is 5.44. The van der Waals surface area contributed by atoms with Crippen LogP contribution in [0.25, 0.3) is 11.1 Å². The number of ether oxygens (including phenoxy) is 1. The molecule has 0 radical (unpaired) electrons. The van der Waals surface area contributed by atoms with Gasteiger partial charge in [-0.3, -0.25) is 9.59 Å². The molecule has 1 aliphatic rings. The van der Waals surface area contributed by atoms with Crippen LogP contribution in [-0.4, -0.2) is 65.4 Å². The highest BCUT2D eigenvalue weighted by molar-refractivity contribution is 5.79. The van der Waals surface area contributed by atoms with Crippen molar-refractivity contribution in [2.24, 2.45) is 0 Å². The third-order valence-corrected chi connectivity index (χ3v) is 6.04. The maximum atomic E-state index is 12.4. The fourth-order valence-corrected chi connectivity index (χ4v) is 4.29. The predicted molar refractivity (Wildman–Crippen MR) is 127 cm³/mol. The molecule has 182 valence electrons. The van der Waals surface area contributed by atoms with Crippen LogP contribution in [0.5, 0.6) is 0 Å². The lowest BCUT2D eigenvalue weighted by molar-refractivity contribution is -0.137. The molecule has 2 aromatic carbocycles. The van der Waals surface area contributed by atoms with E-state index in [0.29, 0.717) is 25.9 Å². The van der Waals surface area contributed by atoms with Crippen LogP contribution < -0.4 is 5.32 Å². The van der Waals surface area contributed by atoms with Gasteiger partial charge < -0.3 is 25.2 Å². The third kappa shape index (κ3) is 6.57. The summed E-state index contributed by atoms with van der Waals surface area (Å²) >= 11 is 0. The number of nitrogens with one attached hydrogen (secondary N) is 1. The number of hydrogen-bond acceptors (Lipinski definition) is 5. The molecule has 2 amide bonds. The van der Waals surface area contributed by atoms with Gasteiger partial charge in [-0.15, -0.1) is 0 Å². The van der Waals surface area contributed by atoms with Crippen LogP contribution in [0.3, 0.4) is 0 Å². The number of hydrogen-bond donors (Lipinski definition) is 3. The Kier molecular flexibility index (Phi) is 9.04. The molecule has 0 spiro atoms. The molecule has 0 saturated carbocycles. The molecule has 0 bridgehead atoms. The molecule has 0 heterocycles. The highest BCUT2D eigenvalue weighted by Gasteiger charge is 2.29. The zero-order valence-electron chi connectivity index (χ0n) is 19.4. The lowest BCUT2D eigenvalue weighted by Gasteiger charge is -2.22. The first-order chi connectivity index (χ1) is 16.4. The number of fused-ring (bicyclic) bond motifs is 3. The zero-order valence-corrected chi connectivity index (χ0v) is 19.4. The number of carboxylic acids is 1. The molecule has 3 rings (SSSR count). The molecule has 0 saturated heterocycles. The van der Waals surface area contributed by atoms with Gasteiger partial charge >= 0.3 is 12.1 Å². The molecule has 8 nitrogen and oxygen atoms in total. The molecule has 34 heavy (non-hydrogen) atoms. The molecular weight excluding hydrogens is 436 g/mol. The van der Waals surface area contributed by atoms with Crippen molar-refractivity contribution < 1.29 is 29.3 Å². The Labute approximate surface area is 199 Å². The number of rotatable bonds is 12. The maximum absolute atomic E-state index is 12.4. The van der Waals surface area contributed by atoms with Crippen LogP contribution in [0.4, 0.5) is 4.79 Å². The van der Waals surface area contributed by atoms with Crippen molar-refractivity contribution in [3.05, 3.63) is 59.7 Å². The van der Waals surface area contributed by atoms with Crippen molar-refractivity contribution in [1.82, 2.24) is 10.2 Å². The Balaban J connectivity index is 1.43. The first-order valence-electron chi connectivity index (χ1n) is 11.7. The highest BCUT2D eigenvalue weighted by Crippen LogP contribution is 2.44. The highest BCUT2D eigenvalue weighted by atomic mass is 16.5. The Bertz CT molecular complexity index is 963. The van der Waals surface area contributed by atoms with Crippen molar-refractivity contribution in [3.8, 4) is 11.1 Å². The van der Waals surface area contributed by atoms with E-state index in [9.17, 15) is 19.5 Å². The van der Waals surface area contributed by atoms with Crippen LogP contribution in [0.15, 0.2) is 48.5 Å². The molecule has 3 N–H and O–H groups in total. The number of aliphatic carboxylic acids is 1. The number of nitrogens with zero attached hydrogens (tertiary/aromatic N) is 1. The van der Waals surface area contributed by atoms with Crippen molar-refractivity contribution in [2.75, 3.05) is 26.2 Å². The fraction of sp³-hybridized carbons (Fsp3) is 0.423. The van der Waals surface area contributed by atoms with Gasteiger partial charge in [-0.2, -0.15) is 0 Å². The summed E-state index contributed by atoms with van der Waals surface area (Å²) in [4.78, 5) is 36.8. The molecule has 1 atom stereocenters. The van der Waals surface area contributed by atoms with E-state index in [1.54, 1.807) is 4.90 Å². The standard InChI is InChI=1S/C26H32N2O6/c1-2-28(14-8-7-13-25(31)32)24(30)15-18(29)16-27-26(33)34-17-23-21-11-5-3-9-19(21)20-10-4-6-12-22(20)23/h3-6,9-12,18,23,29H,2,7-8,13-17H2,1H3,(H,27,33)(H,31,32). The molecule has 0 aliphatic heterocycles. The average Bonchev–Trinajstić information content (AvgIpc) is 3.15. The monoisotopic (exact) mass is 468 g/mol. The summed E-state index contributed by atoms with van der Waals surface area (Å²) in [6, 6.07) is 16.1. The minimum atomic E-state index is -1.04. The van der Waals surface area contributed by atoms with Crippen LogP contribution in [0.2, 0.25) is 0 Å². The van der Waals surface area contributed by atoms with Crippen molar-refractivity contribution >= 4 is 18.0 Å². The Morgan fingerprint density at radius 1 is 1.03 bits per heavy atom. The quantitative estimate of drug-likeness (QED) is 0.411. The Hall–Kier alpha value is -3.39. The fourth-order valence-electron chi connectivity index (χ4n) is 4.29. The minimum absolute atomic E-state index is 0.0520. The molecule has 1 unspecified atom stereocenters. The summed E-state index contributed by atoms with van der Waals surface area (Å²) in [5.41, 5.74) is 4.52. The number of aliphatic hydroxyl groups excluding tert-OH is 1. The summed E-state index contributed by atoms with van der Waals surface area (Å²) in [7, 11) is 0. The van der Waals surface area contributed by atoms with E-state index in [-0.39, 0.29) is 37.8 Å². The smallest absolute Gasteiger partial charge is 0.407 e. The summed E-state index contributed by atoms with van der Waals surface area (Å²) in [6.45, 7) is 2.82. The van der Waals surface area contributed by atoms with Crippen LogP contribution in [-0.2, 0) is 14.3 Å². The van der Waals surface area contributed by atoms with E-state index >= 15 is 0 Å². The summed E-state index contributed by atoms with van der Waals surface area (Å²) in [5.74, 6) is -1.15. The first-order valence-corrected chi connectivity index (χ1v) is 11.7. The van der Waals surface area contributed by atoms with Crippen molar-refractivity contribution in [2.45, 2.75) is 44.6 Å². The largest absolute Gasteiger partial charge is 0.481 e. The van der Waals surface area contributed by atoms with E-state index in [2.05, 4.69) is 17.4 Å². The third-order valence-electron chi connectivity index (χ3n) is 6.04. The first kappa shape index (κ1) is 25.2. The Morgan fingerprint density at radius 3 is 2.24 bits per heavy atom. The van der Waals surface area contributed by atoms with Crippen molar-refractivity contribution in [1.29, 1.82) is 0 Å². The molecule has 1 aliphatic carbocycles. The molecule has 2 aromatic rings. The Morgan fingerprint density at radius 2 is 1.65 bits per heavy atom. The number of carboxylic acid groups (broad SMARTS) is 1. The van der Waals surface area contributed by atoms with Gasteiger partial charge in [-0.1, -0.05) is 48.5 Å². The van der Waals surface area contributed by atoms with Gasteiger partial charge in [-0.05, 0) is 42.0 Å². The van der Waals surface area contributed by atoms with Gasteiger partial charge in [0.1, 0.15) is 6.61 Å². The van der Waals surface area contributed by atoms with Gasteiger partial charge in [0.2, 0.25) is 5.91 Å². The van der Waals surface area contributed by atoms with E-state index < -0.39 is 18.2 Å². The van der Waals surface area contributed by atoms with Gasteiger partial charge in [0.15, 0.2) is 0 Å². The average molecular weight is 469 g/mol. The number of alkyl carbamates (subject to hydrolysis) is 1. The van der Waals surface area contributed by atoms with Gasteiger partial charge in [0.25, 0.3) is 0 Å². The molecule has 0 fully saturated rings. The second kappa shape index (κ2) is 12.2. The van der Waals surface area contributed by atoms with E-state index in [0.717, 1.165) is 22.3 Å². The second-order valence-corrected chi connectivity index (χ2v) is 8.39. The van der Waals surface area contributed by atoms with E-state index in [1.807, 2.05) is 43.3 Å². The predicted octanol–water partition coefficient (Wildman–Crippen LogP) is 3.38. The number of carbonyl (C=O) groups excluding carboxylic acids is 2. The maximum Gasteiger partial charge on any atom is 0.407 e.